The highest BCUT2D eigenvalue weighted by molar-refractivity contribution is 6.30. The maximum absolute atomic E-state index is 13.7. The monoisotopic (exact) mass is 421 g/mol. The second-order valence-corrected chi connectivity index (χ2v) is 7.74. The van der Waals surface area contributed by atoms with Crippen LogP contribution in [0.3, 0.4) is 0 Å². The fraction of sp³-hybridized carbons (Fsp3) is 0.143. The van der Waals surface area contributed by atoms with E-state index in [9.17, 15) is 14.4 Å². The van der Waals surface area contributed by atoms with Crippen molar-refractivity contribution in [2.24, 2.45) is 5.73 Å². The summed E-state index contributed by atoms with van der Waals surface area (Å²) in [4.78, 5) is 39.4. The van der Waals surface area contributed by atoms with Gasteiger partial charge in [0.15, 0.2) is 0 Å². The SMILES string of the molecule is NC(=O)CN1C(=O)C2(CC(=O)Nc3c2cnn3-c2ccc(Cl)cc2)c2ccccc21. The number of nitrogens with two attached hydrogens (primary N) is 1. The zero-order valence-corrected chi connectivity index (χ0v) is 16.4. The topological polar surface area (TPSA) is 110 Å². The van der Waals surface area contributed by atoms with Crippen molar-refractivity contribution in [2.75, 3.05) is 16.8 Å². The van der Waals surface area contributed by atoms with Gasteiger partial charge in [-0.05, 0) is 35.9 Å². The van der Waals surface area contributed by atoms with Gasteiger partial charge in [0.05, 0.1) is 11.9 Å². The summed E-state index contributed by atoms with van der Waals surface area (Å²) in [5.74, 6) is -0.901. The summed E-state index contributed by atoms with van der Waals surface area (Å²) in [5, 5.41) is 7.86. The molecule has 1 aromatic heterocycles. The first kappa shape index (κ1) is 18.4. The smallest absolute Gasteiger partial charge is 0.243 e. The van der Waals surface area contributed by atoms with Gasteiger partial charge >= 0.3 is 0 Å². The van der Waals surface area contributed by atoms with Crippen LogP contribution in [0.1, 0.15) is 17.5 Å². The van der Waals surface area contributed by atoms with Crippen LogP contribution in [0.4, 0.5) is 11.5 Å². The van der Waals surface area contributed by atoms with Crippen molar-refractivity contribution in [3.05, 3.63) is 70.9 Å². The van der Waals surface area contributed by atoms with Crippen molar-refractivity contribution in [3.8, 4) is 5.69 Å². The van der Waals surface area contributed by atoms with Crippen molar-refractivity contribution in [3.63, 3.8) is 0 Å². The van der Waals surface area contributed by atoms with E-state index in [4.69, 9.17) is 17.3 Å². The zero-order chi connectivity index (χ0) is 21.0. The largest absolute Gasteiger partial charge is 0.368 e. The van der Waals surface area contributed by atoms with Crippen LogP contribution in [-0.2, 0) is 19.8 Å². The molecule has 0 aliphatic carbocycles. The van der Waals surface area contributed by atoms with Gasteiger partial charge in [-0.15, -0.1) is 0 Å². The molecule has 2 aliphatic heterocycles. The van der Waals surface area contributed by atoms with Crippen LogP contribution in [-0.4, -0.2) is 34.0 Å². The number of hydrogen-bond donors (Lipinski definition) is 2. The van der Waals surface area contributed by atoms with E-state index < -0.39 is 11.3 Å². The standard InChI is InChI=1S/C21H16ClN5O3/c22-12-5-7-13(8-6-12)27-19-15(10-24-27)21(9-18(29)25-19)14-3-1-2-4-16(14)26(20(21)30)11-17(23)28/h1-8,10H,9,11H2,(H2,23,28)(H,25,29). The molecule has 3 aromatic rings. The van der Waals surface area contributed by atoms with Crippen LogP contribution in [0.25, 0.3) is 5.69 Å². The van der Waals surface area contributed by atoms with E-state index in [1.807, 2.05) is 0 Å². The van der Waals surface area contributed by atoms with E-state index in [1.54, 1.807) is 59.4 Å². The molecule has 1 atom stereocenters. The summed E-state index contributed by atoms with van der Waals surface area (Å²) in [7, 11) is 0. The molecule has 1 unspecified atom stereocenters. The molecule has 0 saturated carbocycles. The minimum Gasteiger partial charge on any atom is -0.368 e. The lowest BCUT2D eigenvalue weighted by molar-refractivity contribution is -0.127. The number of primary amides is 1. The maximum atomic E-state index is 13.7. The van der Waals surface area contributed by atoms with Gasteiger partial charge in [0.25, 0.3) is 0 Å². The van der Waals surface area contributed by atoms with E-state index in [1.165, 1.54) is 4.90 Å². The number of para-hydroxylation sites is 1. The number of carbonyl (C=O) groups is 3. The Bertz CT molecular complexity index is 1220. The summed E-state index contributed by atoms with van der Waals surface area (Å²) in [6.45, 7) is -0.264. The van der Waals surface area contributed by atoms with E-state index in [-0.39, 0.29) is 24.8 Å². The van der Waals surface area contributed by atoms with Crippen LogP contribution < -0.4 is 16.0 Å². The number of benzene rings is 2. The van der Waals surface area contributed by atoms with E-state index in [0.717, 1.165) is 0 Å². The molecule has 0 saturated heterocycles. The van der Waals surface area contributed by atoms with Gasteiger partial charge in [-0.2, -0.15) is 5.10 Å². The molecular formula is C21H16ClN5O3. The number of halogens is 1. The highest BCUT2D eigenvalue weighted by atomic mass is 35.5. The van der Waals surface area contributed by atoms with E-state index >= 15 is 0 Å². The lowest BCUT2D eigenvalue weighted by atomic mass is 9.72. The number of carbonyl (C=O) groups excluding carboxylic acids is 3. The summed E-state index contributed by atoms with van der Waals surface area (Å²) < 4.78 is 1.57. The Morgan fingerprint density at radius 2 is 1.87 bits per heavy atom. The molecule has 30 heavy (non-hydrogen) atoms. The summed E-state index contributed by atoms with van der Waals surface area (Å²) in [6, 6.07) is 14.1. The molecular weight excluding hydrogens is 406 g/mol. The highest BCUT2D eigenvalue weighted by Gasteiger charge is 2.57. The predicted octanol–water partition coefficient (Wildman–Crippen LogP) is 1.99. The van der Waals surface area contributed by atoms with Gasteiger partial charge in [-0.3, -0.25) is 14.4 Å². The second-order valence-electron chi connectivity index (χ2n) is 7.30. The van der Waals surface area contributed by atoms with Crippen molar-refractivity contribution < 1.29 is 14.4 Å². The number of nitrogens with one attached hydrogen (secondary N) is 1. The average molecular weight is 422 g/mol. The van der Waals surface area contributed by atoms with Crippen LogP contribution in [0.2, 0.25) is 5.02 Å². The fourth-order valence-corrected chi connectivity index (χ4v) is 4.47. The molecule has 0 radical (unpaired) electrons. The van der Waals surface area contributed by atoms with Gasteiger partial charge in [0.1, 0.15) is 17.8 Å². The van der Waals surface area contributed by atoms with Gasteiger partial charge in [0, 0.05) is 22.7 Å². The quantitative estimate of drug-likeness (QED) is 0.673. The molecule has 9 heteroatoms. The van der Waals surface area contributed by atoms with Crippen LogP contribution in [0.15, 0.2) is 54.7 Å². The lowest BCUT2D eigenvalue weighted by Crippen LogP contribution is -2.48. The minimum atomic E-state index is -1.27. The molecule has 3 N–H and O–H groups in total. The molecule has 1 spiro atoms. The van der Waals surface area contributed by atoms with Crippen LogP contribution >= 0.6 is 11.6 Å². The number of hydrogen-bond acceptors (Lipinski definition) is 4. The second kappa shape index (κ2) is 6.43. The van der Waals surface area contributed by atoms with Crippen molar-refractivity contribution in [1.82, 2.24) is 9.78 Å². The number of nitrogens with zero attached hydrogens (tertiary/aromatic N) is 3. The van der Waals surface area contributed by atoms with Crippen molar-refractivity contribution in [1.29, 1.82) is 0 Å². The third kappa shape index (κ3) is 2.47. The molecule has 0 bridgehead atoms. The van der Waals surface area contributed by atoms with Crippen LogP contribution in [0, 0.1) is 0 Å². The van der Waals surface area contributed by atoms with Crippen molar-refractivity contribution >= 4 is 40.8 Å². The van der Waals surface area contributed by atoms with E-state index in [0.29, 0.717) is 33.3 Å². The Labute approximate surface area is 176 Å². The third-order valence-corrected chi connectivity index (χ3v) is 5.81. The average Bonchev–Trinajstić information content (AvgIpc) is 3.23. The number of aromatic nitrogens is 2. The number of anilines is 2. The third-order valence-electron chi connectivity index (χ3n) is 5.56. The zero-order valence-electron chi connectivity index (χ0n) is 15.6. The molecule has 5 rings (SSSR count). The van der Waals surface area contributed by atoms with Gasteiger partial charge < -0.3 is 16.0 Å². The number of fused-ring (bicyclic) bond motifs is 4. The summed E-state index contributed by atoms with van der Waals surface area (Å²) in [5.41, 5.74) is 6.60. The predicted molar refractivity (Wildman–Crippen MR) is 111 cm³/mol. The van der Waals surface area contributed by atoms with Crippen molar-refractivity contribution in [2.45, 2.75) is 11.8 Å². The van der Waals surface area contributed by atoms with Gasteiger partial charge in [0.2, 0.25) is 17.7 Å². The molecule has 3 amide bonds. The summed E-state index contributed by atoms with van der Waals surface area (Å²) in [6.07, 6.45) is 1.50. The molecule has 2 aliphatic rings. The number of rotatable bonds is 3. The van der Waals surface area contributed by atoms with Crippen LogP contribution in [0.5, 0.6) is 0 Å². The van der Waals surface area contributed by atoms with Gasteiger partial charge in [-0.1, -0.05) is 29.8 Å². The Hall–Kier alpha value is -3.65. The lowest BCUT2D eigenvalue weighted by Gasteiger charge is -2.32. The fourth-order valence-electron chi connectivity index (χ4n) is 4.34. The first-order chi connectivity index (χ1) is 14.4. The normalized spacial score (nSPS) is 19.6. The molecule has 0 fully saturated rings. The Balaban J connectivity index is 1.73. The highest BCUT2D eigenvalue weighted by Crippen LogP contribution is 2.52. The summed E-state index contributed by atoms with van der Waals surface area (Å²) >= 11 is 5.98. The number of amides is 3. The Morgan fingerprint density at radius 1 is 1.13 bits per heavy atom. The minimum absolute atomic E-state index is 0.0859. The molecule has 2 aromatic carbocycles. The maximum Gasteiger partial charge on any atom is 0.243 e. The molecule has 8 nitrogen and oxygen atoms in total. The Kier molecular flexibility index (Phi) is 3.94. The Morgan fingerprint density at radius 3 is 2.60 bits per heavy atom. The first-order valence-electron chi connectivity index (χ1n) is 9.26. The molecule has 150 valence electrons. The van der Waals surface area contributed by atoms with E-state index in [2.05, 4.69) is 10.4 Å². The molecule has 3 heterocycles. The first-order valence-corrected chi connectivity index (χ1v) is 9.63. The van der Waals surface area contributed by atoms with Gasteiger partial charge in [-0.25, -0.2) is 4.68 Å².